The van der Waals surface area contributed by atoms with Crippen LogP contribution in [0.1, 0.15) is 26.3 Å². The maximum atomic E-state index is 12.9. The summed E-state index contributed by atoms with van der Waals surface area (Å²) >= 11 is 0. The number of nitrogens with zero attached hydrogens (tertiary/aromatic N) is 3. The minimum absolute atomic E-state index is 0.0948. The number of para-hydroxylation sites is 1. The highest BCUT2D eigenvalue weighted by Crippen LogP contribution is 2.33. The van der Waals surface area contributed by atoms with E-state index in [0.29, 0.717) is 11.4 Å². The fourth-order valence-corrected chi connectivity index (χ4v) is 4.98. The summed E-state index contributed by atoms with van der Waals surface area (Å²) in [6, 6.07) is 31.0. The van der Waals surface area contributed by atoms with E-state index in [4.69, 9.17) is 9.97 Å². The SMILES string of the molecule is Cn1c(-c2cc(C(C)(C)C)c[nH]c2=O)nc2c(-c3cccc(-c4ccc(-c5ccccc5)cn4)c3)cccc21. The summed E-state index contributed by atoms with van der Waals surface area (Å²) < 4.78 is 2.00. The molecule has 0 amide bonds. The molecule has 0 atom stereocenters. The van der Waals surface area contributed by atoms with Crippen molar-refractivity contribution < 1.29 is 0 Å². The summed E-state index contributed by atoms with van der Waals surface area (Å²) in [5.74, 6) is 0.652. The van der Waals surface area contributed by atoms with E-state index in [0.717, 1.165) is 50.1 Å². The molecular formula is C34H30N4O. The normalized spacial score (nSPS) is 11.7. The molecule has 0 fully saturated rings. The van der Waals surface area contributed by atoms with Gasteiger partial charge in [0, 0.05) is 36.1 Å². The van der Waals surface area contributed by atoms with Crippen molar-refractivity contribution in [3.05, 3.63) is 119 Å². The molecule has 192 valence electrons. The topological polar surface area (TPSA) is 63.6 Å². The Hall–Kier alpha value is -4.77. The van der Waals surface area contributed by atoms with Gasteiger partial charge in [0.05, 0.1) is 22.3 Å². The molecule has 0 aliphatic carbocycles. The standard InChI is InChI=1S/C34H30N4O/c1-34(2,3)26-19-28(33(39)36-21-26)32-37-31-27(14-9-15-30(31)38(32)4)23-12-8-13-24(18-23)29-17-16-25(20-35-29)22-10-6-5-7-11-22/h5-21H,1-4H3,(H,36,39). The molecule has 6 rings (SSSR count). The molecule has 3 aromatic carbocycles. The van der Waals surface area contributed by atoms with Gasteiger partial charge in [0.1, 0.15) is 5.82 Å². The van der Waals surface area contributed by atoms with Gasteiger partial charge in [-0.1, -0.05) is 87.5 Å². The van der Waals surface area contributed by atoms with Gasteiger partial charge in [-0.2, -0.15) is 0 Å². The highest BCUT2D eigenvalue weighted by atomic mass is 16.1. The Morgan fingerprint density at radius 2 is 1.49 bits per heavy atom. The molecule has 0 unspecified atom stereocenters. The second-order valence-electron chi connectivity index (χ2n) is 10.9. The predicted octanol–water partition coefficient (Wildman–Crippen LogP) is 7.62. The van der Waals surface area contributed by atoms with Crippen LogP contribution in [0.15, 0.2) is 108 Å². The number of imidazole rings is 1. The van der Waals surface area contributed by atoms with Gasteiger partial charge in [0.2, 0.25) is 0 Å². The van der Waals surface area contributed by atoms with Crippen LogP contribution in [0.5, 0.6) is 0 Å². The summed E-state index contributed by atoms with van der Waals surface area (Å²) in [6.45, 7) is 6.40. The van der Waals surface area contributed by atoms with Crippen LogP contribution in [-0.2, 0) is 12.5 Å². The molecule has 1 N–H and O–H groups in total. The molecule has 0 aliphatic heterocycles. The summed E-state index contributed by atoms with van der Waals surface area (Å²) in [6.07, 6.45) is 3.72. The van der Waals surface area contributed by atoms with E-state index in [1.807, 2.05) is 54.2 Å². The van der Waals surface area contributed by atoms with Crippen molar-refractivity contribution in [2.24, 2.45) is 7.05 Å². The second-order valence-corrected chi connectivity index (χ2v) is 10.9. The Morgan fingerprint density at radius 1 is 0.744 bits per heavy atom. The molecule has 0 spiro atoms. The first kappa shape index (κ1) is 24.6. The van der Waals surface area contributed by atoms with E-state index in [2.05, 4.69) is 80.4 Å². The van der Waals surface area contributed by atoms with Gasteiger partial charge in [0.25, 0.3) is 5.56 Å². The van der Waals surface area contributed by atoms with Crippen LogP contribution >= 0.6 is 0 Å². The maximum absolute atomic E-state index is 12.9. The van der Waals surface area contributed by atoms with Crippen LogP contribution in [0, 0.1) is 0 Å². The van der Waals surface area contributed by atoms with Crippen LogP contribution < -0.4 is 5.56 Å². The molecule has 6 aromatic rings. The van der Waals surface area contributed by atoms with E-state index in [9.17, 15) is 4.79 Å². The predicted molar refractivity (Wildman–Crippen MR) is 160 cm³/mol. The number of H-pyrrole nitrogens is 1. The number of aryl methyl sites for hydroxylation is 1. The highest BCUT2D eigenvalue weighted by molar-refractivity contribution is 5.95. The third-order valence-corrected chi connectivity index (χ3v) is 7.26. The number of hydrogen-bond donors (Lipinski definition) is 1. The zero-order chi connectivity index (χ0) is 27.1. The second kappa shape index (κ2) is 9.52. The Labute approximate surface area is 227 Å². The first-order valence-corrected chi connectivity index (χ1v) is 13.1. The van der Waals surface area contributed by atoms with E-state index in [-0.39, 0.29) is 11.0 Å². The number of aromatic nitrogens is 4. The van der Waals surface area contributed by atoms with E-state index < -0.39 is 0 Å². The van der Waals surface area contributed by atoms with Gasteiger partial charge >= 0.3 is 0 Å². The van der Waals surface area contributed by atoms with Crippen molar-refractivity contribution in [3.63, 3.8) is 0 Å². The quantitative estimate of drug-likeness (QED) is 0.265. The minimum atomic E-state index is -0.144. The van der Waals surface area contributed by atoms with Gasteiger partial charge in [0.15, 0.2) is 0 Å². The lowest BCUT2D eigenvalue weighted by atomic mass is 9.87. The Bertz CT molecular complexity index is 1860. The van der Waals surface area contributed by atoms with E-state index in [1.54, 1.807) is 6.20 Å². The van der Waals surface area contributed by atoms with Crippen LogP contribution in [0.3, 0.4) is 0 Å². The smallest absolute Gasteiger partial charge is 0.258 e. The average molecular weight is 511 g/mol. The first-order valence-electron chi connectivity index (χ1n) is 13.1. The molecule has 5 nitrogen and oxygen atoms in total. The molecular weight excluding hydrogens is 480 g/mol. The molecule has 39 heavy (non-hydrogen) atoms. The Morgan fingerprint density at radius 3 is 2.23 bits per heavy atom. The fraction of sp³-hybridized carbons (Fsp3) is 0.147. The largest absolute Gasteiger partial charge is 0.328 e. The first-order chi connectivity index (χ1) is 18.8. The highest BCUT2D eigenvalue weighted by Gasteiger charge is 2.20. The minimum Gasteiger partial charge on any atom is -0.328 e. The van der Waals surface area contributed by atoms with Crippen LogP contribution in [0.25, 0.3) is 55.9 Å². The molecule has 0 aliphatic rings. The lowest BCUT2D eigenvalue weighted by molar-refractivity contribution is 0.587. The summed E-state index contributed by atoms with van der Waals surface area (Å²) in [5, 5.41) is 0. The molecule has 0 bridgehead atoms. The maximum Gasteiger partial charge on any atom is 0.258 e. The van der Waals surface area contributed by atoms with Crippen molar-refractivity contribution in [1.29, 1.82) is 0 Å². The van der Waals surface area contributed by atoms with Crippen molar-refractivity contribution in [3.8, 4) is 44.9 Å². The molecule has 0 saturated heterocycles. The van der Waals surface area contributed by atoms with Crippen molar-refractivity contribution in [2.45, 2.75) is 26.2 Å². The number of pyridine rings is 2. The number of nitrogens with one attached hydrogen (secondary N) is 1. The zero-order valence-electron chi connectivity index (χ0n) is 22.6. The lowest BCUT2D eigenvalue weighted by Gasteiger charge is -2.19. The van der Waals surface area contributed by atoms with Crippen LogP contribution in [0.2, 0.25) is 0 Å². The van der Waals surface area contributed by atoms with Crippen molar-refractivity contribution in [2.75, 3.05) is 0 Å². The molecule has 3 aromatic heterocycles. The Kier molecular flexibility index (Phi) is 5.99. The van der Waals surface area contributed by atoms with Crippen molar-refractivity contribution in [1.82, 2.24) is 19.5 Å². The van der Waals surface area contributed by atoms with Crippen molar-refractivity contribution >= 4 is 11.0 Å². The molecule has 0 radical (unpaired) electrons. The van der Waals surface area contributed by atoms with Crippen LogP contribution in [0.4, 0.5) is 0 Å². The van der Waals surface area contributed by atoms with Gasteiger partial charge in [-0.3, -0.25) is 9.78 Å². The number of aromatic amines is 1. The van der Waals surface area contributed by atoms with E-state index >= 15 is 0 Å². The van der Waals surface area contributed by atoms with Crippen LogP contribution in [-0.4, -0.2) is 19.5 Å². The monoisotopic (exact) mass is 510 g/mol. The van der Waals surface area contributed by atoms with E-state index in [1.165, 1.54) is 0 Å². The molecule has 0 saturated carbocycles. The van der Waals surface area contributed by atoms with Gasteiger partial charge < -0.3 is 9.55 Å². The number of fused-ring (bicyclic) bond motifs is 1. The third-order valence-electron chi connectivity index (χ3n) is 7.26. The number of hydrogen-bond acceptors (Lipinski definition) is 3. The Balaban J connectivity index is 1.42. The molecule has 5 heteroatoms. The summed E-state index contributed by atoms with van der Waals surface area (Å²) in [5.41, 5.74) is 9.48. The molecule has 3 heterocycles. The van der Waals surface area contributed by atoms with Gasteiger partial charge in [-0.15, -0.1) is 0 Å². The zero-order valence-corrected chi connectivity index (χ0v) is 22.6. The van der Waals surface area contributed by atoms with Gasteiger partial charge in [-0.25, -0.2) is 4.98 Å². The summed E-state index contributed by atoms with van der Waals surface area (Å²) in [7, 11) is 1.96. The summed E-state index contributed by atoms with van der Waals surface area (Å²) in [4.78, 5) is 25.6. The third kappa shape index (κ3) is 4.57. The number of rotatable bonds is 4. The lowest BCUT2D eigenvalue weighted by Crippen LogP contribution is -2.17. The average Bonchev–Trinajstić information content (AvgIpc) is 3.29. The van der Waals surface area contributed by atoms with Gasteiger partial charge in [-0.05, 0) is 46.4 Å². The number of benzene rings is 3. The fourth-order valence-electron chi connectivity index (χ4n) is 4.98.